The number of rotatable bonds is 8. The van der Waals surface area contributed by atoms with Gasteiger partial charge in [0.2, 0.25) is 15.9 Å². The maximum absolute atomic E-state index is 13.6. The fourth-order valence-corrected chi connectivity index (χ4v) is 4.56. The van der Waals surface area contributed by atoms with E-state index in [9.17, 15) is 17.6 Å². The van der Waals surface area contributed by atoms with Crippen molar-refractivity contribution >= 4 is 32.5 Å². The monoisotopic (exact) mass is 431 g/mol. The van der Waals surface area contributed by atoms with Gasteiger partial charge in [0.15, 0.2) is 0 Å². The molecule has 0 saturated carbocycles. The van der Waals surface area contributed by atoms with Gasteiger partial charge in [-0.3, -0.25) is 4.79 Å². The van der Waals surface area contributed by atoms with Crippen LogP contribution in [-0.2, 0) is 27.0 Å². The van der Waals surface area contributed by atoms with Gasteiger partial charge in [0.05, 0.1) is 12.2 Å². The molecule has 8 heteroatoms. The molecule has 0 bridgehead atoms. The Hall–Kier alpha value is -2.71. The lowest BCUT2D eigenvalue weighted by molar-refractivity contribution is -0.115. The van der Waals surface area contributed by atoms with Crippen LogP contribution in [0.3, 0.4) is 0 Å². The molecule has 6 nitrogen and oxygen atoms in total. The minimum atomic E-state index is -3.45. The summed E-state index contributed by atoms with van der Waals surface area (Å²) in [7, 11) is -3.45. The van der Waals surface area contributed by atoms with Crippen molar-refractivity contribution in [1.29, 1.82) is 0 Å². The van der Waals surface area contributed by atoms with Gasteiger partial charge in [-0.05, 0) is 54.3 Å². The zero-order valence-electron chi connectivity index (χ0n) is 17.3. The molecule has 1 heterocycles. The molecule has 2 aromatic carbocycles. The molecule has 3 rings (SSSR count). The van der Waals surface area contributed by atoms with E-state index in [1.807, 2.05) is 20.8 Å². The maximum atomic E-state index is 13.6. The molecule has 3 N–H and O–H groups in total. The van der Waals surface area contributed by atoms with Gasteiger partial charge in [-0.25, -0.2) is 17.5 Å². The molecule has 1 amide bonds. The topological polar surface area (TPSA) is 91.1 Å². The van der Waals surface area contributed by atoms with E-state index in [0.717, 1.165) is 16.8 Å². The first kappa shape index (κ1) is 22.0. The normalized spacial score (nSPS) is 11.9. The van der Waals surface area contributed by atoms with Crippen LogP contribution in [-0.4, -0.2) is 25.9 Å². The molecule has 0 aliphatic heterocycles. The molecule has 0 unspecified atom stereocenters. The first-order valence-corrected chi connectivity index (χ1v) is 11.4. The van der Waals surface area contributed by atoms with Crippen LogP contribution >= 0.6 is 0 Å². The van der Waals surface area contributed by atoms with Crippen LogP contribution in [0, 0.1) is 18.7 Å². The van der Waals surface area contributed by atoms with E-state index in [1.54, 1.807) is 30.3 Å². The van der Waals surface area contributed by atoms with E-state index < -0.39 is 10.0 Å². The number of carbonyl (C=O) groups excluding carboxylic acids is 1. The molecule has 0 atom stereocenters. The lowest BCUT2D eigenvalue weighted by atomic mass is 10.1. The molecular formula is C22H26FN3O3S. The number of hydrogen-bond acceptors (Lipinski definition) is 3. The molecular weight excluding hydrogens is 405 g/mol. The van der Waals surface area contributed by atoms with Crippen LogP contribution in [0.5, 0.6) is 0 Å². The van der Waals surface area contributed by atoms with Gasteiger partial charge in [0.25, 0.3) is 0 Å². The third kappa shape index (κ3) is 5.67. The fraction of sp³-hybridized carbons (Fsp3) is 0.318. The van der Waals surface area contributed by atoms with E-state index in [1.165, 1.54) is 12.1 Å². The minimum absolute atomic E-state index is 0.0771. The standard InChI is InChI=1S/C22H26FN3O3S/c1-14(2)12-24-30(28,29)13-16-5-4-6-18(9-16)26-22(27)11-19-15(3)25-21-8-7-17(23)10-20(19)21/h4-10,14,24-25H,11-13H2,1-3H3,(H,26,27). The SMILES string of the molecule is Cc1[nH]c2ccc(F)cc2c1CC(=O)Nc1cccc(CS(=O)(=O)NCC(C)C)c1. The highest BCUT2D eigenvalue weighted by atomic mass is 32.2. The number of halogens is 1. The number of amides is 1. The molecule has 0 saturated heterocycles. The Balaban J connectivity index is 1.70. The van der Waals surface area contributed by atoms with E-state index in [-0.39, 0.29) is 29.8 Å². The zero-order valence-corrected chi connectivity index (χ0v) is 18.1. The van der Waals surface area contributed by atoms with Crippen molar-refractivity contribution in [2.24, 2.45) is 5.92 Å². The number of H-pyrrole nitrogens is 1. The predicted molar refractivity (Wildman–Crippen MR) is 117 cm³/mol. The number of anilines is 1. The molecule has 0 fully saturated rings. The average Bonchev–Trinajstić information content (AvgIpc) is 2.95. The maximum Gasteiger partial charge on any atom is 0.228 e. The lowest BCUT2D eigenvalue weighted by Crippen LogP contribution is -2.28. The van der Waals surface area contributed by atoms with Crippen molar-refractivity contribution in [1.82, 2.24) is 9.71 Å². The van der Waals surface area contributed by atoms with Crippen molar-refractivity contribution in [2.75, 3.05) is 11.9 Å². The van der Waals surface area contributed by atoms with Gasteiger partial charge in [0.1, 0.15) is 5.82 Å². The Morgan fingerprint density at radius 1 is 1.17 bits per heavy atom. The summed E-state index contributed by atoms with van der Waals surface area (Å²) in [4.78, 5) is 15.7. The Bertz CT molecular complexity index is 1170. The summed E-state index contributed by atoms with van der Waals surface area (Å²) in [6.07, 6.45) is 0.0771. The second kappa shape index (κ2) is 8.97. The largest absolute Gasteiger partial charge is 0.358 e. The van der Waals surface area contributed by atoms with Gasteiger partial charge in [-0.15, -0.1) is 0 Å². The number of aryl methyl sites for hydroxylation is 1. The number of aromatic amines is 1. The first-order valence-electron chi connectivity index (χ1n) is 9.76. The van der Waals surface area contributed by atoms with Gasteiger partial charge in [-0.1, -0.05) is 26.0 Å². The smallest absolute Gasteiger partial charge is 0.228 e. The summed E-state index contributed by atoms with van der Waals surface area (Å²) < 4.78 is 40.6. The van der Waals surface area contributed by atoms with E-state index in [4.69, 9.17) is 0 Å². The highest BCUT2D eigenvalue weighted by molar-refractivity contribution is 7.88. The summed E-state index contributed by atoms with van der Waals surface area (Å²) in [6.45, 7) is 6.09. The second-order valence-corrected chi connectivity index (χ2v) is 9.65. The molecule has 1 aromatic heterocycles. The van der Waals surface area contributed by atoms with Crippen LogP contribution in [0.25, 0.3) is 10.9 Å². The highest BCUT2D eigenvalue weighted by Gasteiger charge is 2.15. The summed E-state index contributed by atoms with van der Waals surface area (Å²) in [5.41, 5.74) is 3.41. The number of aromatic nitrogens is 1. The molecule has 3 aromatic rings. The van der Waals surface area contributed by atoms with E-state index in [2.05, 4.69) is 15.0 Å². The van der Waals surface area contributed by atoms with Crippen molar-refractivity contribution in [3.05, 3.63) is 65.1 Å². The highest BCUT2D eigenvalue weighted by Crippen LogP contribution is 2.24. The van der Waals surface area contributed by atoms with Gasteiger partial charge in [0, 0.05) is 28.8 Å². The quantitative estimate of drug-likeness (QED) is 0.506. The lowest BCUT2D eigenvalue weighted by Gasteiger charge is -2.10. The number of fused-ring (bicyclic) bond motifs is 1. The number of carbonyl (C=O) groups is 1. The van der Waals surface area contributed by atoms with Crippen LogP contribution in [0.4, 0.5) is 10.1 Å². The summed E-state index contributed by atoms with van der Waals surface area (Å²) in [5, 5.41) is 3.48. The summed E-state index contributed by atoms with van der Waals surface area (Å²) >= 11 is 0. The van der Waals surface area contributed by atoms with E-state index >= 15 is 0 Å². The van der Waals surface area contributed by atoms with Gasteiger partial charge >= 0.3 is 0 Å². The zero-order chi connectivity index (χ0) is 21.9. The van der Waals surface area contributed by atoms with Crippen LogP contribution < -0.4 is 10.0 Å². The third-order valence-corrected chi connectivity index (χ3v) is 6.02. The van der Waals surface area contributed by atoms with Crippen LogP contribution in [0.2, 0.25) is 0 Å². The Morgan fingerprint density at radius 3 is 2.67 bits per heavy atom. The minimum Gasteiger partial charge on any atom is -0.358 e. The molecule has 0 radical (unpaired) electrons. The third-order valence-electron chi connectivity index (χ3n) is 4.70. The summed E-state index contributed by atoms with van der Waals surface area (Å²) in [6, 6.07) is 11.2. The first-order chi connectivity index (χ1) is 14.1. The number of nitrogens with one attached hydrogen (secondary N) is 3. The van der Waals surface area contributed by atoms with Crippen molar-refractivity contribution in [3.63, 3.8) is 0 Å². The Morgan fingerprint density at radius 2 is 1.93 bits per heavy atom. The summed E-state index contributed by atoms with van der Waals surface area (Å²) in [5.74, 6) is -0.569. The van der Waals surface area contributed by atoms with Crippen molar-refractivity contribution in [3.8, 4) is 0 Å². The molecule has 0 aliphatic rings. The predicted octanol–water partition coefficient (Wildman–Crippen LogP) is 3.87. The second-order valence-electron chi connectivity index (χ2n) is 7.85. The van der Waals surface area contributed by atoms with E-state index in [0.29, 0.717) is 23.2 Å². The van der Waals surface area contributed by atoms with Crippen LogP contribution in [0.15, 0.2) is 42.5 Å². The molecule has 160 valence electrons. The Labute approximate surface area is 175 Å². The van der Waals surface area contributed by atoms with Crippen molar-refractivity contribution < 1.29 is 17.6 Å². The molecule has 0 spiro atoms. The molecule has 0 aliphatic carbocycles. The Kier molecular flexibility index (Phi) is 6.58. The van der Waals surface area contributed by atoms with Gasteiger partial charge in [-0.2, -0.15) is 0 Å². The number of sulfonamides is 1. The molecule has 30 heavy (non-hydrogen) atoms. The van der Waals surface area contributed by atoms with Gasteiger partial charge < -0.3 is 10.3 Å². The number of benzene rings is 2. The van der Waals surface area contributed by atoms with Crippen molar-refractivity contribution in [2.45, 2.75) is 32.9 Å². The average molecular weight is 432 g/mol. The fourth-order valence-electron chi connectivity index (χ4n) is 3.25. The number of hydrogen-bond donors (Lipinski definition) is 3. The van der Waals surface area contributed by atoms with Crippen LogP contribution in [0.1, 0.15) is 30.7 Å².